The molecule has 0 spiro atoms. The Labute approximate surface area is 119 Å². The van der Waals surface area contributed by atoms with Gasteiger partial charge >= 0.3 is 0 Å². The van der Waals surface area contributed by atoms with Crippen LogP contribution in [-0.4, -0.2) is 33.3 Å². The highest BCUT2D eigenvalue weighted by Gasteiger charge is 2.35. The summed E-state index contributed by atoms with van der Waals surface area (Å²) in [5, 5.41) is 1.92. The van der Waals surface area contributed by atoms with Crippen molar-refractivity contribution in [3.05, 3.63) is 30.1 Å². The molecule has 0 aromatic heterocycles. The number of hydrogen-bond acceptors (Lipinski definition) is 4. The molecule has 1 aromatic carbocycles. The maximum Gasteiger partial charge on any atom is 0.241 e. The molecule has 7 heteroatoms. The Balaban J connectivity index is 1.98. The van der Waals surface area contributed by atoms with Gasteiger partial charge in [0.05, 0.1) is 10.9 Å². The molecule has 1 aliphatic heterocycles. The van der Waals surface area contributed by atoms with Crippen LogP contribution in [0.25, 0.3) is 0 Å². The number of carbonyl (C=O) groups is 2. The fraction of sp³-hybridized carbons (Fsp3) is 0.250. The Morgan fingerprint density at radius 1 is 1.53 bits per heavy atom. The molecule has 1 fully saturated rings. The monoisotopic (exact) mass is 298 g/mol. The lowest BCUT2D eigenvalue weighted by atomic mass is 10.2. The summed E-state index contributed by atoms with van der Waals surface area (Å²) in [6, 6.07) is 5.88. The lowest BCUT2D eigenvalue weighted by Crippen LogP contribution is -2.29. The van der Waals surface area contributed by atoms with Crippen molar-refractivity contribution in [3.8, 4) is 0 Å². The van der Waals surface area contributed by atoms with Crippen LogP contribution in [0.3, 0.4) is 0 Å². The largest absolute Gasteiger partial charge is 0.324 e. The molecule has 1 unspecified atom stereocenters. The van der Waals surface area contributed by atoms with Crippen LogP contribution in [0.15, 0.2) is 24.3 Å². The van der Waals surface area contributed by atoms with E-state index in [2.05, 4.69) is 5.32 Å². The van der Waals surface area contributed by atoms with E-state index in [4.69, 9.17) is 12.2 Å². The van der Waals surface area contributed by atoms with E-state index in [9.17, 15) is 14.0 Å². The van der Waals surface area contributed by atoms with E-state index < -0.39 is 17.0 Å². The van der Waals surface area contributed by atoms with Crippen molar-refractivity contribution in [1.29, 1.82) is 0 Å². The predicted octanol–water partition coefficient (Wildman–Crippen LogP) is 2.01. The van der Waals surface area contributed by atoms with E-state index in [0.29, 0.717) is 4.32 Å². The average Bonchev–Trinajstić information content (AvgIpc) is 2.60. The summed E-state index contributed by atoms with van der Waals surface area (Å²) in [5.41, 5.74) is 0.110. The Kier molecular flexibility index (Phi) is 4.16. The third-order valence-electron chi connectivity index (χ3n) is 2.64. The number of para-hydroxylation sites is 1. The molecule has 2 amide bonds. The fourth-order valence-electron chi connectivity index (χ4n) is 1.62. The van der Waals surface area contributed by atoms with Crippen molar-refractivity contribution in [2.45, 2.75) is 11.7 Å². The molecule has 1 heterocycles. The molecule has 1 saturated heterocycles. The number of rotatable bonds is 3. The van der Waals surface area contributed by atoms with Gasteiger partial charge in [-0.3, -0.25) is 14.5 Å². The third-order valence-corrected chi connectivity index (χ3v) is 4.33. The molecule has 1 aliphatic rings. The maximum atomic E-state index is 13.3. The summed E-state index contributed by atoms with van der Waals surface area (Å²) < 4.78 is 13.8. The van der Waals surface area contributed by atoms with Gasteiger partial charge in [0.1, 0.15) is 10.1 Å². The summed E-state index contributed by atoms with van der Waals surface area (Å²) in [6.07, 6.45) is -0.0255. The first kappa shape index (κ1) is 14.0. The minimum atomic E-state index is -0.524. The smallest absolute Gasteiger partial charge is 0.241 e. The van der Waals surface area contributed by atoms with Crippen LogP contribution in [0.1, 0.15) is 6.42 Å². The van der Waals surface area contributed by atoms with Gasteiger partial charge in [0.2, 0.25) is 11.8 Å². The van der Waals surface area contributed by atoms with Crippen molar-refractivity contribution in [3.63, 3.8) is 0 Å². The Hall–Kier alpha value is -1.47. The second-order valence-corrected chi connectivity index (χ2v) is 5.84. The zero-order valence-corrected chi connectivity index (χ0v) is 11.7. The minimum absolute atomic E-state index is 0.0255. The molecule has 100 valence electrons. The molecule has 0 radical (unpaired) electrons. The number of carbonyl (C=O) groups excluding carboxylic acids is 2. The van der Waals surface area contributed by atoms with E-state index in [1.807, 2.05) is 0 Å². The fourth-order valence-corrected chi connectivity index (χ4v) is 3.04. The molecule has 0 bridgehead atoms. The lowest BCUT2D eigenvalue weighted by molar-refractivity contribution is -0.127. The summed E-state index contributed by atoms with van der Waals surface area (Å²) >= 11 is 6.15. The highest BCUT2D eigenvalue weighted by Crippen LogP contribution is 2.28. The first-order valence-electron chi connectivity index (χ1n) is 5.51. The Bertz CT molecular complexity index is 550. The highest BCUT2D eigenvalue weighted by atomic mass is 32.2. The molecule has 4 nitrogen and oxygen atoms in total. The van der Waals surface area contributed by atoms with Gasteiger partial charge in [-0.15, -0.1) is 0 Å². The first-order chi connectivity index (χ1) is 8.99. The minimum Gasteiger partial charge on any atom is -0.324 e. The normalized spacial score (nSPS) is 18.8. The summed E-state index contributed by atoms with van der Waals surface area (Å²) in [7, 11) is 1.58. The SMILES string of the molecule is CN1C(=O)C(CC(=O)Nc2ccccc2F)SC1=S. The van der Waals surface area contributed by atoms with Crippen LogP contribution in [0.4, 0.5) is 10.1 Å². The van der Waals surface area contributed by atoms with Crippen molar-refractivity contribution in [1.82, 2.24) is 4.90 Å². The van der Waals surface area contributed by atoms with Crippen LogP contribution in [-0.2, 0) is 9.59 Å². The van der Waals surface area contributed by atoms with Crippen LogP contribution in [0.5, 0.6) is 0 Å². The molecule has 19 heavy (non-hydrogen) atoms. The van der Waals surface area contributed by atoms with E-state index in [-0.39, 0.29) is 18.0 Å². The molecule has 0 saturated carbocycles. The van der Waals surface area contributed by atoms with Gasteiger partial charge in [-0.25, -0.2) is 4.39 Å². The lowest BCUT2D eigenvalue weighted by Gasteiger charge is -2.09. The van der Waals surface area contributed by atoms with Crippen molar-refractivity contribution in [2.75, 3.05) is 12.4 Å². The number of nitrogens with one attached hydrogen (secondary N) is 1. The van der Waals surface area contributed by atoms with Crippen molar-refractivity contribution < 1.29 is 14.0 Å². The van der Waals surface area contributed by atoms with Crippen LogP contribution in [0.2, 0.25) is 0 Å². The number of thiocarbonyl (C=S) groups is 1. The number of hydrogen-bond donors (Lipinski definition) is 1. The van der Waals surface area contributed by atoms with Crippen LogP contribution >= 0.6 is 24.0 Å². The highest BCUT2D eigenvalue weighted by molar-refractivity contribution is 8.24. The van der Waals surface area contributed by atoms with Crippen molar-refractivity contribution in [2.24, 2.45) is 0 Å². The summed E-state index contributed by atoms with van der Waals surface area (Å²) in [4.78, 5) is 24.9. The first-order valence-corrected chi connectivity index (χ1v) is 6.80. The summed E-state index contributed by atoms with van der Waals surface area (Å²) in [5.74, 6) is -1.11. The number of benzene rings is 1. The number of halogens is 1. The quantitative estimate of drug-likeness (QED) is 0.867. The molecule has 1 atom stereocenters. The number of anilines is 1. The Morgan fingerprint density at radius 2 is 2.21 bits per heavy atom. The molecule has 1 N–H and O–H groups in total. The number of amides is 2. The van der Waals surface area contributed by atoms with E-state index in [1.54, 1.807) is 13.1 Å². The second kappa shape index (κ2) is 5.66. The molecule has 0 aliphatic carbocycles. The van der Waals surface area contributed by atoms with Gasteiger partial charge in [0.15, 0.2) is 0 Å². The van der Waals surface area contributed by atoms with Crippen LogP contribution < -0.4 is 5.32 Å². The van der Waals surface area contributed by atoms with Crippen molar-refractivity contribution >= 4 is 45.8 Å². The van der Waals surface area contributed by atoms with Crippen LogP contribution in [0, 0.1) is 5.82 Å². The van der Waals surface area contributed by atoms with Gasteiger partial charge in [0, 0.05) is 13.5 Å². The van der Waals surface area contributed by atoms with Gasteiger partial charge < -0.3 is 5.32 Å². The molecular weight excluding hydrogens is 287 g/mol. The molecule has 1 aromatic rings. The Morgan fingerprint density at radius 3 is 2.79 bits per heavy atom. The van der Waals surface area contributed by atoms with Gasteiger partial charge in [0.25, 0.3) is 0 Å². The third kappa shape index (κ3) is 3.10. The zero-order valence-electron chi connectivity index (χ0n) is 10.1. The van der Waals surface area contributed by atoms with Gasteiger partial charge in [-0.1, -0.05) is 36.1 Å². The van der Waals surface area contributed by atoms with E-state index >= 15 is 0 Å². The molecular formula is C12H11FN2O2S2. The number of nitrogens with zero attached hydrogens (tertiary/aromatic N) is 1. The standard InChI is InChI=1S/C12H11FN2O2S2/c1-15-11(17)9(19-12(15)18)6-10(16)14-8-5-3-2-4-7(8)13/h2-5,9H,6H2,1H3,(H,14,16). The van der Waals surface area contributed by atoms with Gasteiger partial charge in [-0.05, 0) is 12.1 Å². The van der Waals surface area contributed by atoms with E-state index in [0.717, 1.165) is 0 Å². The number of thioether (sulfide) groups is 1. The predicted molar refractivity (Wildman–Crippen MR) is 76.4 cm³/mol. The maximum absolute atomic E-state index is 13.3. The zero-order chi connectivity index (χ0) is 14.0. The molecule has 2 rings (SSSR count). The topological polar surface area (TPSA) is 49.4 Å². The van der Waals surface area contributed by atoms with Gasteiger partial charge in [-0.2, -0.15) is 0 Å². The second-order valence-electron chi connectivity index (χ2n) is 4.00. The van der Waals surface area contributed by atoms with E-state index in [1.165, 1.54) is 34.9 Å². The summed E-state index contributed by atoms with van der Waals surface area (Å²) in [6.45, 7) is 0. The average molecular weight is 298 g/mol.